The lowest BCUT2D eigenvalue weighted by Crippen LogP contribution is -2.00. The van der Waals surface area contributed by atoms with E-state index in [1.54, 1.807) is 0 Å². The number of rotatable bonds is 5. The number of allylic oxidation sites excluding steroid dienone is 4. The zero-order chi connectivity index (χ0) is 38.2. The largest absolute Gasteiger partial charge is 0.309 e. The Bertz CT molecular complexity index is 3510. The minimum Gasteiger partial charge on any atom is -0.309 e. The number of benzene rings is 9. The summed E-state index contributed by atoms with van der Waals surface area (Å²) in [5, 5.41) is 10.0. The fourth-order valence-corrected chi connectivity index (χ4v) is 9.60. The van der Waals surface area contributed by atoms with Crippen LogP contribution >= 0.6 is 0 Å². The molecule has 0 aliphatic heterocycles. The summed E-state index contributed by atoms with van der Waals surface area (Å²) in [6.45, 7) is 0. The molecule has 0 radical (unpaired) electrons. The third-order valence-electron chi connectivity index (χ3n) is 12.1. The number of imidazole rings is 1. The maximum atomic E-state index is 5.29. The first kappa shape index (κ1) is 32.7. The van der Waals surface area contributed by atoms with E-state index in [1.807, 2.05) is 0 Å². The number of aromatic nitrogens is 3. The van der Waals surface area contributed by atoms with Crippen LogP contribution in [0.2, 0.25) is 0 Å². The average molecular weight is 740 g/mol. The van der Waals surface area contributed by atoms with Crippen molar-refractivity contribution in [2.24, 2.45) is 0 Å². The van der Waals surface area contributed by atoms with E-state index in [4.69, 9.17) is 4.98 Å². The number of nitrogens with zero attached hydrogens (tertiary/aromatic N) is 3. The smallest absolute Gasteiger partial charge is 0.145 e. The lowest BCUT2D eigenvalue weighted by atomic mass is 9.88. The Labute approximate surface area is 336 Å². The van der Waals surface area contributed by atoms with Crippen LogP contribution in [0.5, 0.6) is 0 Å². The molecule has 0 bridgehead atoms. The maximum absolute atomic E-state index is 5.29. The highest BCUT2D eigenvalue weighted by Crippen LogP contribution is 2.45. The van der Waals surface area contributed by atoms with Gasteiger partial charge in [-0.15, -0.1) is 0 Å². The Morgan fingerprint density at radius 1 is 0.397 bits per heavy atom. The Hall–Kier alpha value is -7.49. The number of hydrogen-bond donors (Lipinski definition) is 0. The standard InChI is InChI=1S/C55H37N3/c1-3-17-36(18-4-1)41-28-16-32-52-54(41)46-27-11-13-30-50(46)57(52)40-34-47(53-45-26-10-9-24-43(45)42-23-7-8-25-44(42)48(53)35-40)37-19-15-20-38(33-37)55-56-49-29-12-14-31-51(49)58(55)39-21-5-2-6-22-39/h1,3-5,7-35H,2,6H2. The van der Waals surface area contributed by atoms with Gasteiger partial charge in [-0.2, -0.15) is 0 Å². The van der Waals surface area contributed by atoms with E-state index in [9.17, 15) is 0 Å². The highest BCUT2D eigenvalue weighted by Gasteiger charge is 2.21. The molecule has 3 heteroatoms. The van der Waals surface area contributed by atoms with Gasteiger partial charge in [0, 0.05) is 27.7 Å². The molecule has 0 N–H and O–H groups in total. The zero-order valence-electron chi connectivity index (χ0n) is 31.8. The van der Waals surface area contributed by atoms with Gasteiger partial charge in [0.05, 0.1) is 22.1 Å². The summed E-state index contributed by atoms with van der Waals surface area (Å²) in [6.07, 6.45) is 8.94. The van der Waals surface area contributed by atoms with E-state index in [1.165, 1.54) is 76.5 Å². The van der Waals surface area contributed by atoms with Gasteiger partial charge in [0.15, 0.2) is 0 Å². The molecule has 9 aromatic carbocycles. The third-order valence-corrected chi connectivity index (χ3v) is 12.1. The fraction of sp³-hybridized carbons (Fsp3) is 0.0364. The first-order chi connectivity index (χ1) is 28.8. The van der Waals surface area contributed by atoms with Gasteiger partial charge in [-0.05, 0) is 116 Å². The molecule has 0 saturated heterocycles. The Kier molecular flexibility index (Phi) is 7.36. The van der Waals surface area contributed by atoms with Crippen LogP contribution in [0.4, 0.5) is 0 Å². The second kappa shape index (κ2) is 13.0. The summed E-state index contributed by atoms with van der Waals surface area (Å²) in [5.74, 6) is 0.951. The van der Waals surface area contributed by atoms with Crippen molar-refractivity contribution in [3.8, 4) is 39.3 Å². The van der Waals surface area contributed by atoms with Crippen LogP contribution in [-0.4, -0.2) is 14.1 Å². The molecule has 272 valence electrons. The monoisotopic (exact) mass is 739 g/mol. The van der Waals surface area contributed by atoms with Crippen LogP contribution < -0.4 is 0 Å². The second-order valence-electron chi connectivity index (χ2n) is 15.4. The van der Waals surface area contributed by atoms with Gasteiger partial charge in [0.25, 0.3) is 0 Å². The Morgan fingerprint density at radius 3 is 1.84 bits per heavy atom. The maximum Gasteiger partial charge on any atom is 0.145 e. The van der Waals surface area contributed by atoms with E-state index in [-0.39, 0.29) is 0 Å². The molecule has 0 atom stereocenters. The molecule has 0 saturated carbocycles. The lowest BCUT2D eigenvalue weighted by molar-refractivity contribution is 1.01. The molecule has 2 aromatic heterocycles. The number of fused-ring (bicyclic) bond motifs is 10. The van der Waals surface area contributed by atoms with Gasteiger partial charge >= 0.3 is 0 Å². The van der Waals surface area contributed by atoms with Crippen molar-refractivity contribution in [1.29, 1.82) is 0 Å². The summed E-state index contributed by atoms with van der Waals surface area (Å²) < 4.78 is 4.82. The van der Waals surface area contributed by atoms with Gasteiger partial charge in [0.2, 0.25) is 0 Å². The fourth-order valence-electron chi connectivity index (χ4n) is 9.60. The van der Waals surface area contributed by atoms with Crippen LogP contribution in [0, 0.1) is 0 Å². The van der Waals surface area contributed by atoms with Crippen molar-refractivity contribution < 1.29 is 0 Å². The summed E-state index contributed by atoms with van der Waals surface area (Å²) in [6, 6.07) is 66.6. The van der Waals surface area contributed by atoms with Gasteiger partial charge in [-0.1, -0.05) is 152 Å². The molecule has 3 nitrogen and oxygen atoms in total. The molecule has 11 aromatic rings. The summed E-state index contributed by atoms with van der Waals surface area (Å²) >= 11 is 0. The van der Waals surface area contributed by atoms with Crippen LogP contribution in [0.25, 0.3) is 110 Å². The lowest BCUT2D eigenvalue weighted by Gasteiger charge is -2.19. The predicted octanol–water partition coefficient (Wildman–Crippen LogP) is 14.8. The third kappa shape index (κ3) is 4.96. The van der Waals surface area contributed by atoms with E-state index in [0.717, 1.165) is 46.5 Å². The van der Waals surface area contributed by atoms with Crippen LogP contribution in [0.1, 0.15) is 12.8 Å². The van der Waals surface area contributed by atoms with Crippen molar-refractivity contribution in [2.45, 2.75) is 12.8 Å². The van der Waals surface area contributed by atoms with E-state index in [2.05, 4.69) is 209 Å². The Morgan fingerprint density at radius 2 is 1.03 bits per heavy atom. The van der Waals surface area contributed by atoms with E-state index < -0.39 is 0 Å². The first-order valence-electron chi connectivity index (χ1n) is 20.2. The number of para-hydroxylation sites is 3. The zero-order valence-corrected chi connectivity index (χ0v) is 31.8. The van der Waals surface area contributed by atoms with Gasteiger partial charge in [-0.3, -0.25) is 4.57 Å². The topological polar surface area (TPSA) is 22.8 Å². The van der Waals surface area contributed by atoms with E-state index >= 15 is 0 Å². The minimum atomic E-state index is 0.951. The highest BCUT2D eigenvalue weighted by molar-refractivity contribution is 6.29. The molecule has 58 heavy (non-hydrogen) atoms. The number of hydrogen-bond acceptors (Lipinski definition) is 1. The highest BCUT2D eigenvalue weighted by atomic mass is 15.1. The second-order valence-corrected chi connectivity index (χ2v) is 15.4. The van der Waals surface area contributed by atoms with Crippen LogP contribution in [-0.2, 0) is 0 Å². The van der Waals surface area contributed by atoms with Crippen molar-refractivity contribution in [1.82, 2.24) is 14.1 Å². The molecule has 0 amide bonds. The van der Waals surface area contributed by atoms with Gasteiger partial charge in [0.1, 0.15) is 5.82 Å². The first-order valence-corrected chi connectivity index (χ1v) is 20.2. The molecule has 1 aliphatic carbocycles. The molecular weight excluding hydrogens is 703 g/mol. The van der Waals surface area contributed by atoms with Crippen molar-refractivity contribution in [3.63, 3.8) is 0 Å². The average Bonchev–Trinajstić information content (AvgIpc) is 3.86. The van der Waals surface area contributed by atoms with Gasteiger partial charge < -0.3 is 4.57 Å². The quantitative estimate of drug-likeness (QED) is 0.161. The van der Waals surface area contributed by atoms with Crippen LogP contribution in [0.3, 0.4) is 0 Å². The summed E-state index contributed by atoms with van der Waals surface area (Å²) in [7, 11) is 0. The van der Waals surface area contributed by atoms with Crippen LogP contribution in [0.15, 0.2) is 200 Å². The van der Waals surface area contributed by atoms with Crippen molar-refractivity contribution in [3.05, 3.63) is 200 Å². The minimum absolute atomic E-state index is 0.951. The van der Waals surface area contributed by atoms with E-state index in [0.29, 0.717) is 0 Å². The Balaban J connectivity index is 1.18. The molecule has 1 aliphatic rings. The SMILES string of the molecule is C1=CC(n2c(-c3cccc(-c4cc(-n5c6ccccc6c6c(-c7ccccc7)cccc65)cc5c6ccccc6c6ccccc6c45)c3)nc3ccccc32)=CCC1. The molecule has 0 unspecified atom stereocenters. The molecule has 0 fully saturated rings. The molecule has 2 heterocycles. The normalized spacial score (nSPS) is 13.1. The van der Waals surface area contributed by atoms with Crippen molar-refractivity contribution in [2.75, 3.05) is 0 Å². The molecular formula is C55H37N3. The van der Waals surface area contributed by atoms with Crippen molar-refractivity contribution >= 4 is 70.9 Å². The molecule has 12 rings (SSSR count). The van der Waals surface area contributed by atoms with Gasteiger partial charge in [-0.25, -0.2) is 4.98 Å². The predicted molar refractivity (Wildman–Crippen MR) is 246 cm³/mol. The summed E-state index contributed by atoms with van der Waals surface area (Å²) in [4.78, 5) is 5.29. The summed E-state index contributed by atoms with van der Waals surface area (Å²) in [5.41, 5.74) is 12.7. The molecule has 0 spiro atoms.